The van der Waals surface area contributed by atoms with E-state index in [9.17, 15) is 0 Å². The van der Waals surface area contributed by atoms with Crippen molar-refractivity contribution in [2.75, 3.05) is 12.5 Å². The average molecular weight is 258 g/mol. The van der Waals surface area contributed by atoms with Crippen molar-refractivity contribution >= 4 is 5.82 Å². The van der Waals surface area contributed by atoms with Gasteiger partial charge in [0.1, 0.15) is 5.76 Å². The van der Waals surface area contributed by atoms with Crippen LogP contribution >= 0.6 is 0 Å². The van der Waals surface area contributed by atoms with E-state index in [0.717, 1.165) is 41.2 Å². The fraction of sp³-hybridized carbons (Fsp3) is 0.357. The van der Waals surface area contributed by atoms with Crippen LogP contribution in [-0.2, 0) is 0 Å². The van der Waals surface area contributed by atoms with E-state index >= 15 is 0 Å². The van der Waals surface area contributed by atoms with Gasteiger partial charge in [-0.05, 0) is 30.5 Å². The van der Waals surface area contributed by atoms with Crippen LogP contribution in [0.4, 0.5) is 5.82 Å². The topological polar surface area (TPSA) is 70.5 Å². The van der Waals surface area contributed by atoms with E-state index in [2.05, 4.69) is 5.16 Å². The molecule has 0 atom stereocenters. The highest BCUT2D eigenvalue weighted by atomic mass is 16.7. The Kier molecular flexibility index (Phi) is 2.21. The third-order valence-corrected chi connectivity index (χ3v) is 3.88. The molecule has 0 unspecified atom stereocenters. The summed E-state index contributed by atoms with van der Waals surface area (Å²) in [5.74, 6) is 3.32. The number of anilines is 1. The molecule has 1 fully saturated rings. The SMILES string of the molecule is Nc1noc(C2CCC2)c1-c1ccc2c(c1)OCO2. The Labute approximate surface area is 110 Å². The lowest BCUT2D eigenvalue weighted by molar-refractivity contribution is 0.174. The molecule has 4 rings (SSSR count). The molecule has 1 aromatic heterocycles. The fourth-order valence-corrected chi connectivity index (χ4v) is 2.61. The Balaban J connectivity index is 1.81. The Morgan fingerprint density at radius 2 is 2.00 bits per heavy atom. The number of rotatable bonds is 2. The number of nitrogen functional groups attached to an aromatic ring is 1. The lowest BCUT2D eigenvalue weighted by Gasteiger charge is -2.23. The van der Waals surface area contributed by atoms with Gasteiger partial charge in [0.15, 0.2) is 17.3 Å². The summed E-state index contributed by atoms with van der Waals surface area (Å²) in [5, 5.41) is 3.92. The first-order valence-corrected chi connectivity index (χ1v) is 6.48. The molecule has 2 aliphatic rings. The molecule has 1 aliphatic carbocycles. The van der Waals surface area contributed by atoms with Crippen molar-refractivity contribution < 1.29 is 14.0 Å². The number of aromatic nitrogens is 1. The summed E-state index contributed by atoms with van der Waals surface area (Å²) in [7, 11) is 0. The summed E-state index contributed by atoms with van der Waals surface area (Å²) in [6.45, 7) is 0.271. The molecule has 2 heterocycles. The number of benzene rings is 1. The predicted molar refractivity (Wildman–Crippen MR) is 69.1 cm³/mol. The van der Waals surface area contributed by atoms with Gasteiger partial charge in [0, 0.05) is 5.92 Å². The summed E-state index contributed by atoms with van der Waals surface area (Å²) in [6.07, 6.45) is 3.53. The first-order chi connectivity index (χ1) is 9.33. The van der Waals surface area contributed by atoms with Crippen LogP contribution in [0.25, 0.3) is 11.1 Å². The molecule has 2 N–H and O–H groups in total. The maximum absolute atomic E-state index is 5.96. The fourth-order valence-electron chi connectivity index (χ4n) is 2.61. The molecule has 19 heavy (non-hydrogen) atoms. The minimum atomic E-state index is 0.271. The van der Waals surface area contributed by atoms with Crippen LogP contribution in [0.1, 0.15) is 30.9 Å². The molecule has 0 bridgehead atoms. The summed E-state index contributed by atoms with van der Waals surface area (Å²) in [6, 6.07) is 5.81. The third kappa shape index (κ3) is 1.58. The van der Waals surface area contributed by atoms with Gasteiger partial charge in [0.05, 0.1) is 5.56 Å². The molecule has 1 aliphatic heterocycles. The zero-order valence-electron chi connectivity index (χ0n) is 10.4. The number of ether oxygens (including phenoxy) is 2. The van der Waals surface area contributed by atoms with Gasteiger partial charge in [-0.1, -0.05) is 17.6 Å². The van der Waals surface area contributed by atoms with Crippen LogP contribution in [0, 0.1) is 0 Å². The summed E-state index contributed by atoms with van der Waals surface area (Å²) in [5.41, 5.74) is 7.84. The van der Waals surface area contributed by atoms with Gasteiger partial charge in [-0.3, -0.25) is 0 Å². The van der Waals surface area contributed by atoms with Gasteiger partial charge in [0.25, 0.3) is 0 Å². The zero-order valence-corrected chi connectivity index (χ0v) is 10.4. The van der Waals surface area contributed by atoms with Gasteiger partial charge in [-0.15, -0.1) is 0 Å². The second-order valence-corrected chi connectivity index (χ2v) is 5.00. The summed E-state index contributed by atoms with van der Waals surface area (Å²) < 4.78 is 16.1. The molecule has 0 amide bonds. The molecule has 5 nitrogen and oxygen atoms in total. The van der Waals surface area contributed by atoms with Crippen LogP contribution in [0.3, 0.4) is 0 Å². The number of hydrogen-bond acceptors (Lipinski definition) is 5. The smallest absolute Gasteiger partial charge is 0.231 e. The molecule has 1 aromatic carbocycles. The number of nitrogens with two attached hydrogens (primary N) is 1. The van der Waals surface area contributed by atoms with E-state index in [1.54, 1.807) is 0 Å². The Morgan fingerprint density at radius 3 is 2.79 bits per heavy atom. The third-order valence-electron chi connectivity index (χ3n) is 3.88. The predicted octanol–water partition coefficient (Wildman–Crippen LogP) is 2.92. The van der Waals surface area contributed by atoms with Crippen molar-refractivity contribution in [1.29, 1.82) is 0 Å². The molecular weight excluding hydrogens is 244 g/mol. The first kappa shape index (κ1) is 10.7. The van der Waals surface area contributed by atoms with Gasteiger partial charge >= 0.3 is 0 Å². The maximum Gasteiger partial charge on any atom is 0.231 e. The standard InChI is InChI=1S/C14H14N2O3/c15-14-12(13(19-16-14)8-2-1-3-8)9-4-5-10-11(6-9)18-7-17-10/h4-6,8H,1-3,7H2,(H2,15,16). The van der Waals surface area contributed by atoms with Gasteiger partial charge in [-0.25, -0.2) is 0 Å². The van der Waals surface area contributed by atoms with E-state index in [1.165, 1.54) is 6.42 Å². The molecule has 0 radical (unpaired) electrons. The zero-order chi connectivity index (χ0) is 12.8. The van der Waals surface area contributed by atoms with Gasteiger partial charge < -0.3 is 19.7 Å². The van der Waals surface area contributed by atoms with E-state index in [-0.39, 0.29) is 6.79 Å². The van der Waals surface area contributed by atoms with Crippen LogP contribution in [0.2, 0.25) is 0 Å². The van der Waals surface area contributed by atoms with Crippen molar-refractivity contribution in [2.45, 2.75) is 25.2 Å². The Hall–Kier alpha value is -2.17. The number of nitrogens with zero attached hydrogens (tertiary/aromatic N) is 1. The highest BCUT2D eigenvalue weighted by molar-refractivity contribution is 5.78. The highest BCUT2D eigenvalue weighted by Crippen LogP contribution is 2.45. The minimum absolute atomic E-state index is 0.271. The summed E-state index contributed by atoms with van der Waals surface area (Å²) >= 11 is 0. The first-order valence-electron chi connectivity index (χ1n) is 6.48. The largest absolute Gasteiger partial charge is 0.454 e. The van der Waals surface area contributed by atoms with Gasteiger partial charge in [0.2, 0.25) is 6.79 Å². The summed E-state index contributed by atoms with van der Waals surface area (Å²) in [4.78, 5) is 0. The average Bonchev–Trinajstić information content (AvgIpc) is 2.93. The molecule has 5 heteroatoms. The normalized spacial score (nSPS) is 17.5. The lowest BCUT2D eigenvalue weighted by atomic mass is 9.81. The van der Waals surface area contributed by atoms with Crippen LogP contribution < -0.4 is 15.2 Å². The lowest BCUT2D eigenvalue weighted by Crippen LogP contribution is -2.08. The highest BCUT2D eigenvalue weighted by Gasteiger charge is 2.29. The van der Waals surface area contributed by atoms with Crippen LogP contribution in [0.15, 0.2) is 22.7 Å². The number of fused-ring (bicyclic) bond motifs is 1. The minimum Gasteiger partial charge on any atom is -0.454 e. The van der Waals surface area contributed by atoms with E-state index in [1.807, 2.05) is 18.2 Å². The molecule has 0 saturated heterocycles. The van der Waals surface area contributed by atoms with Crippen molar-refractivity contribution in [3.63, 3.8) is 0 Å². The van der Waals surface area contributed by atoms with E-state index in [0.29, 0.717) is 11.7 Å². The second kappa shape index (κ2) is 3.91. The maximum atomic E-state index is 5.96. The molecule has 1 saturated carbocycles. The molecular formula is C14H14N2O3. The number of hydrogen-bond donors (Lipinski definition) is 1. The second-order valence-electron chi connectivity index (χ2n) is 5.00. The Bertz CT molecular complexity index is 632. The van der Waals surface area contributed by atoms with Gasteiger partial charge in [-0.2, -0.15) is 0 Å². The van der Waals surface area contributed by atoms with Crippen LogP contribution in [0.5, 0.6) is 11.5 Å². The van der Waals surface area contributed by atoms with Crippen molar-refractivity contribution in [3.05, 3.63) is 24.0 Å². The molecule has 98 valence electrons. The van der Waals surface area contributed by atoms with Crippen molar-refractivity contribution in [3.8, 4) is 22.6 Å². The molecule has 0 spiro atoms. The van der Waals surface area contributed by atoms with E-state index in [4.69, 9.17) is 19.7 Å². The van der Waals surface area contributed by atoms with E-state index < -0.39 is 0 Å². The quantitative estimate of drug-likeness (QED) is 0.896. The van der Waals surface area contributed by atoms with Crippen LogP contribution in [-0.4, -0.2) is 11.9 Å². The van der Waals surface area contributed by atoms with Crippen molar-refractivity contribution in [2.24, 2.45) is 0 Å². The Morgan fingerprint density at radius 1 is 1.16 bits per heavy atom. The monoisotopic (exact) mass is 258 g/mol. The van der Waals surface area contributed by atoms with Crippen molar-refractivity contribution in [1.82, 2.24) is 5.16 Å². The molecule has 2 aromatic rings.